The molecule has 3 N–H and O–H groups in total. The van der Waals surface area contributed by atoms with Gasteiger partial charge in [-0.2, -0.15) is 0 Å². The number of aromatic nitrogens is 1. The fourth-order valence-electron chi connectivity index (χ4n) is 2.97. The van der Waals surface area contributed by atoms with Crippen molar-refractivity contribution in [1.29, 1.82) is 0 Å². The monoisotopic (exact) mass is 407 g/mol. The molecule has 2 aromatic carbocycles. The lowest BCUT2D eigenvalue weighted by atomic mass is 10.1. The fraction of sp³-hybridized carbons (Fsp3) is 0.0909. The van der Waals surface area contributed by atoms with Crippen LogP contribution in [-0.4, -0.2) is 18.0 Å². The molecule has 0 unspecified atom stereocenters. The van der Waals surface area contributed by atoms with Crippen molar-refractivity contribution in [3.63, 3.8) is 0 Å². The number of carbonyl (C=O) groups excluding carboxylic acids is 1. The molecule has 0 aliphatic heterocycles. The van der Waals surface area contributed by atoms with E-state index in [0.29, 0.717) is 15.4 Å². The number of fused-ring (bicyclic) bond motifs is 1. The Hall–Kier alpha value is -3.45. The first-order valence-electron chi connectivity index (χ1n) is 8.91. The quantitative estimate of drug-likeness (QED) is 0.506. The molecule has 2 aromatic heterocycles. The lowest BCUT2D eigenvalue weighted by molar-refractivity contribution is 0.0956. The number of nitrogens with zero attached hydrogens (tertiary/aromatic N) is 1. The van der Waals surface area contributed by atoms with E-state index < -0.39 is 0 Å². The predicted molar refractivity (Wildman–Crippen MR) is 114 cm³/mol. The molecule has 0 aliphatic carbocycles. The lowest BCUT2D eigenvalue weighted by Gasteiger charge is -2.04. The number of thiophene rings is 1. The van der Waals surface area contributed by atoms with Crippen LogP contribution in [0, 0.1) is 5.82 Å². The molecule has 0 spiro atoms. The van der Waals surface area contributed by atoms with Gasteiger partial charge in [0.05, 0.1) is 18.5 Å². The van der Waals surface area contributed by atoms with Crippen molar-refractivity contribution in [2.24, 2.45) is 0 Å². The second-order valence-electron chi connectivity index (χ2n) is 6.44. The number of halogens is 1. The average molecular weight is 407 g/mol. The highest BCUT2D eigenvalue weighted by Crippen LogP contribution is 2.34. The van der Waals surface area contributed by atoms with E-state index in [4.69, 9.17) is 10.5 Å². The van der Waals surface area contributed by atoms with E-state index in [1.165, 1.54) is 23.5 Å². The van der Waals surface area contributed by atoms with Crippen molar-refractivity contribution in [3.8, 4) is 17.0 Å². The molecule has 0 aliphatic rings. The fourth-order valence-corrected chi connectivity index (χ4v) is 3.98. The summed E-state index contributed by atoms with van der Waals surface area (Å²) in [6.45, 7) is 0.287. The Labute approximate surface area is 171 Å². The highest BCUT2D eigenvalue weighted by molar-refractivity contribution is 7.21. The summed E-state index contributed by atoms with van der Waals surface area (Å²) < 4.78 is 18.3. The van der Waals surface area contributed by atoms with Gasteiger partial charge in [-0.15, -0.1) is 11.3 Å². The van der Waals surface area contributed by atoms with Crippen LogP contribution in [0.15, 0.2) is 60.7 Å². The number of anilines is 1. The molecule has 1 amide bonds. The van der Waals surface area contributed by atoms with E-state index in [1.807, 2.05) is 36.4 Å². The van der Waals surface area contributed by atoms with Crippen LogP contribution in [-0.2, 0) is 6.54 Å². The number of hydrogen-bond acceptors (Lipinski definition) is 5. The molecule has 7 heteroatoms. The van der Waals surface area contributed by atoms with Crippen LogP contribution < -0.4 is 15.8 Å². The smallest absolute Gasteiger partial charge is 0.263 e. The molecule has 2 heterocycles. The number of methoxy groups -OCH3 is 1. The molecule has 0 bridgehead atoms. The maximum Gasteiger partial charge on any atom is 0.263 e. The Morgan fingerprint density at radius 1 is 1.17 bits per heavy atom. The minimum atomic E-state index is -0.313. The third-order valence-electron chi connectivity index (χ3n) is 4.53. The van der Waals surface area contributed by atoms with E-state index in [2.05, 4.69) is 10.3 Å². The van der Waals surface area contributed by atoms with Crippen LogP contribution in [0.4, 0.5) is 10.1 Å². The Balaban J connectivity index is 1.59. The van der Waals surface area contributed by atoms with Gasteiger partial charge in [-0.3, -0.25) is 4.79 Å². The summed E-state index contributed by atoms with van der Waals surface area (Å²) in [5.41, 5.74) is 9.11. The molecule has 4 rings (SSSR count). The number of nitrogen functional groups attached to an aromatic ring is 1. The SMILES string of the molecule is COc1cccc(-c2ccc3c(N)c(C(=O)NCc4ccc(F)cc4)sc3n2)c1. The first-order valence-corrected chi connectivity index (χ1v) is 9.73. The first kappa shape index (κ1) is 18.9. The Morgan fingerprint density at radius 3 is 2.72 bits per heavy atom. The first-order chi connectivity index (χ1) is 14.0. The summed E-state index contributed by atoms with van der Waals surface area (Å²) in [7, 11) is 1.62. The second-order valence-corrected chi connectivity index (χ2v) is 7.43. The normalized spacial score (nSPS) is 10.8. The number of amides is 1. The lowest BCUT2D eigenvalue weighted by Crippen LogP contribution is -2.22. The zero-order chi connectivity index (χ0) is 20.4. The third kappa shape index (κ3) is 3.90. The van der Waals surface area contributed by atoms with Crippen LogP contribution in [0.5, 0.6) is 5.75 Å². The largest absolute Gasteiger partial charge is 0.497 e. The van der Waals surface area contributed by atoms with Crippen LogP contribution in [0.3, 0.4) is 0 Å². The maximum atomic E-state index is 13.0. The molecule has 0 fully saturated rings. The molecular weight excluding hydrogens is 389 g/mol. The zero-order valence-corrected chi connectivity index (χ0v) is 16.4. The van der Waals surface area contributed by atoms with Crippen molar-refractivity contribution in [3.05, 3.63) is 76.9 Å². The van der Waals surface area contributed by atoms with Crippen LogP contribution >= 0.6 is 11.3 Å². The number of rotatable bonds is 5. The predicted octanol–water partition coefficient (Wildman–Crippen LogP) is 4.62. The summed E-state index contributed by atoms with van der Waals surface area (Å²) in [6.07, 6.45) is 0. The Bertz CT molecular complexity index is 1190. The van der Waals surface area contributed by atoms with Crippen LogP contribution in [0.1, 0.15) is 15.2 Å². The number of nitrogens with two attached hydrogens (primary N) is 1. The minimum Gasteiger partial charge on any atom is -0.497 e. The minimum absolute atomic E-state index is 0.280. The van der Waals surface area contributed by atoms with E-state index >= 15 is 0 Å². The summed E-state index contributed by atoms with van der Waals surface area (Å²) in [5, 5.41) is 3.57. The van der Waals surface area contributed by atoms with Gasteiger partial charge < -0.3 is 15.8 Å². The number of hydrogen-bond donors (Lipinski definition) is 2. The van der Waals surface area contributed by atoms with Crippen molar-refractivity contribution < 1.29 is 13.9 Å². The molecule has 0 radical (unpaired) electrons. The van der Waals surface area contributed by atoms with Gasteiger partial charge in [-0.25, -0.2) is 9.37 Å². The van der Waals surface area contributed by atoms with E-state index in [9.17, 15) is 9.18 Å². The van der Waals surface area contributed by atoms with Crippen LogP contribution in [0.25, 0.3) is 21.5 Å². The van der Waals surface area contributed by atoms with Gasteiger partial charge in [-0.1, -0.05) is 24.3 Å². The number of carbonyl (C=O) groups is 1. The summed E-state index contributed by atoms with van der Waals surface area (Å²) >= 11 is 1.25. The Morgan fingerprint density at radius 2 is 1.97 bits per heavy atom. The molecular formula is C22H18FN3O2S. The van der Waals surface area contributed by atoms with E-state index in [-0.39, 0.29) is 18.3 Å². The summed E-state index contributed by atoms with van der Waals surface area (Å²) in [4.78, 5) is 18.4. The second kappa shape index (κ2) is 7.89. The van der Waals surface area contributed by atoms with Crippen LogP contribution in [0.2, 0.25) is 0 Å². The van der Waals surface area contributed by atoms with Crippen molar-refractivity contribution >= 4 is 33.1 Å². The molecule has 0 atom stereocenters. The highest BCUT2D eigenvalue weighted by Gasteiger charge is 2.17. The van der Waals surface area contributed by atoms with E-state index in [1.54, 1.807) is 19.2 Å². The van der Waals surface area contributed by atoms with Crippen molar-refractivity contribution in [2.45, 2.75) is 6.54 Å². The number of benzene rings is 2. The summed E-state index contributed by atoms with van der Waals surface area (Å²) in [6, 6.07) is 17.4. The van der Waals surface area contributed by atoms with Gasteiger partial charge in [-0.05, 0) is 42.0 Å². The van der Waals surface area contributed by atoms with Gasteiger partial charge in [0, 0.05) is 17.5 Å². The Kier molecular flexibility index (Phi) is 5.14. The highest BCUT2D eigenvalue weighted by atomic mass is 32.1. The maximum absolute atomic E-state index is 13.0. The zero-order valence-electron chi connectivity index (χ0n) is 15.6. The number of ether oxygens (including phenoxy) is 1. The third-order valence-corrected chi connectivity index (χ3v) is 5.65. The molecule has 4 aromatic rings. The van der Waals surface area contributed by atoms with Gasteiger partial charge in [0.2, 0.25) is 0 Å². The van der Waals surface area contributed by atoms with Gasteiger partial charge in [0.25, 0.3) is 5.91 Å². The molecule has 29 heavy (non-hydrogen) atoms. The summed E-state index contributed by atoms with van der Waals surface area (Å²) in [5.74, 6) is 0.153. The number of nitrogens with one attached hydrogen (secondary N) is 1. The standard InChI is InChI=1S/C22H18FN3O2S/c1-28-16-4-2-3-14(11-16)18-10-9-17-19(24)20(29-22(17)26-18)21(27)25-12-13-5-7-15(23)8-6-13/h2-11H,12,24H2,1H3,(H,25,27). The molecule has 0 saturated heterocycles. The number of pyridine rings is 1. The van der Waals surface area contributed by atoms with Gasteiger partial charge >= 0.3 is 0 Å². The molecule has 0 saturated carbocycles. The average Bonchev–Trinajstić information content (AvgIpc) is 3.09. The van der Waals surface area contributed by atoms with Crippen molar-refractivity contribution in [2.75, 3.05) is 12.8 Å². The van der Waals surface area contributed by atoms with E-state index in [0.717, 1.165) is 28.0 Å². The van der Waals surface area contributed by atoms with Gasteiger partial charge in [0.1, 0.15) is 21.3 Å². The van der Waals surface area contributed by atoms with Crippen molar-refractivity contribution in [1.82, 2.24) is 10.3 Å². The molecule has 5 nitrogen and oxygen atoms in total. The van der Waals surface area contributed by atoms with Gasteiger partial charge in [0.15, 0.2) is 0 Å². The molecule has 146 valence electrons. The topological polar surface area (TPSA) is 77.2 Å².